The van der Waals surface area contributed by atoms with Crippen molar-refractivity contribution in [1.29, 1.82) is 0 Å². The van der Waals surface area contributed by atoms with Crippen molar-refractivity contribution < 1.29 is 13.6 Å². The third-order valence-electron chi connectivity index (χ3n) is 4.00. The first kappa shape index (κ1) is 17.0. The predicted octanol–water partition coefficient (Wildman–Crippen LogP) is 4.23. The van der Waals surface area contributed by atoms with Crippen LogP contribution in [0.2, 0.25) is 10.0 Å². The minimum Gasteiger partial charge on any atom is -0.366 e. The Morgan fingerprint density at radius 2 is 1.58 bits per heavy atom. The van der Waals surface area contributed by atoms with E-state index in [0.29, 0.717) is 31.9 Å². The lowest BCUT2D eigenvalue weighted by molar-refractivity contribution is 0.0746. The summed E-state index contributed by atoms with van der Waals surface area (Å²) in [6.07, 6.45) is 0. The molecule has 0 aliphatic carbocycles. The van der Waals surface area contributed by atoms with E-state index in [4.69, 9.17) is 23.2 Å². The minimum absolute atomic E-state index is 0.0814. The molecule has 126 valence electrons. The molecule has 0 unspecified atom stereocenters. The molecule has 3 rings (SSSR count). The summed E-state index contributed by atoms with van der Waals surface area (Å²) in [6.45, 7) is 1.77. The van der Waals surface area contributed by atoms with Gasteiger partial charge in [0.1, 0.15) is 11.6 Å². The number of halogens is 4. The maximum absolute atomic E-state index is 13.8. The molecule has 1 heterocycles. The smallest absolute Gasteiger partial charge is 0.255 e. The highest BCUT2D eigenvalue weighted by Crippen LogP contribution is 2.26. The zero-order valence-electron chi connectivity index (χ0n) is 12.6. The molecular formula is C17H14Cl2F2N2O. The van der Waals surface area contributed by atoms with Crippen LogP contribution in [-0.4, -0.2) is 37.0 Å². The van der Waals surface area contributed by atoms with Gasteiger partial charge in [-0.3, -0.25) is 4.79 Å². The third kappa shape index (κ3) is 3.32. The molecule has 3 nitrogen and oxygen atoms in total. The van der Waals surface area contributed by atoms with Gasteiger partial charge in [-0.25, -0.2) is 8.78 Å². The zero-order chi connectivity index (χ0) is 17.3. The topological polar surface area (TPSA) is 23.6 Å². The second kappa shape index (κ2) is 6.95. The molecule has 0 bridgehead atoms. The van der Waals surface area contributed by atoms with Gasteiger partial charge in [-0.15, -0.1) is 0 Å². The van der Waals surface area contributed by atoms with Crippen LogP contribution in [0.15, 0.2) is 36.4 Å². The first-order chi connectivity index (χ1) is 11.5. The summed E-state index contributed by atoms with van der Waals surface area (Å²) in [5.74, 6) is -1.33. The van der Waals surface area contributed by atoms with Crippen molar-refractivity contribution in [1.82, 2.24) is 4.90 Å². The molecule has 1 aliphatic rings. The fraction of sp³-hybridized carbons (Fsp3) is 0.235. The molecule has 2 aromatic carbocycles. The number of para-hydroxylation sites is 1. The number of nitrogens with zero attached hydrogens (tertiary/aromatic N) is 2. The molecule has 1 aliphatic heterocycles. The van der Waals surface area contributed by atoms with E-state index in [-0.39, 0.29) is 27.3 Å². The van der Waals surface area contributed by atoms with Gasteiger partial charge in [-0.2, -0.15) is 0 Å². The molecule has 0 N–H and O–H groups in total. The van der Waals surface area contributed by atoms with Crippen molar-refractivity contribution in [2.45, 2.75) is 0 Å². The lowest BCUT2D eigenvalue weighted by Crippen LogP contribution is -2.49. The molecule has 0 atom stereocenters. The van der Waals surface area contributed by atoms with E-state index in [9.17, 15) is 13.6 Å². The maximum atomic E-state index is 13.8. The number of benzene rings is 2. The van der Waals surface area contributed by atoms with Crippen molar-refractivity contribution >= 4 is 34.8 Å². The van der Waals surface area contributed by atoms with Crippen LogP contribution in [0.5, 0.6) is 0 Å². The first-order valence-electron chi connectivity index (χ1n) is 7.40. The van der Waals surface area contributed by atoms with Crippen LogP contribution in [0.4, 0.5) is 14.5 Å². The van der Waals surface area contributed by atoms with Crippen LogP contribution >= 0.6 is 23.2 Å². The molecule has 1 fully saturated rings. The maximum Gasteiger partial charge on any atom is 0.255 e. The van der Waals surface area contributed by atoms with Gasteiger partial charge in [-0.1, -0.05) is 35.3 Å². The van der Waals surface area contributed by atoms with E-state index in [1.54, 1.807) is 23.1 Å². The number of rotatable bonds is 2. The summed E-state index contributed by atoms with van der Waals surface area (Å²) < 4.78 is 27.4. The molecule has 0 aromatic heterocycles. The van der Waals surface area contributed by atoms with Crippen LogP contribution in [0, 0.1) is 11.6 Å². The summed E-state index contributed by atoms with van der Waals surface area (Å²) in [5, 5.41) is -0.0103. The van der Waals surface area contributed by atoms with E-state index in [1.165, 1.54) is 12.1 Å². The van der Waals surface area contributed by atoms with Crippen molar-refractivity contribution in [3.05, 3.63) is 63.6 Å². The third-order valence-corrected chi connectivity index (χ3v) is 4.60. The van der Waals surface area contributed by atoms with Gasteiger partial charge in [0, 0.05) is 26.2 Å². The number of carbonyl (C=O) groups is 1. The second-order valence-corrected chi connectivity index (χ2v) is 6.29. The summed E-state index contributed by atoms with van der Waals surface area (Å²) in [7, 11) is 0. The summed E-state index contributed by atoms with van der Waals surface area (Å²) in [6, 6.07) is 8.79. The molecule has 24 heavy (non-hydrogen) atoms. The first-order valence-corrected chi connectivity index (χ1v) is 8.16. The number of hydrogen-bond donors (Lipinski definition) is 0. The Balaban J connectivity index is 1.72. The van der Waals surface area contributed by atoms with Crippen LogP contribution < -0.4 is 4.90 Å². The number of hydrogen-bond acceptors (Lipinski definition) is 2. The standard InChI is InChI=1S/C17H14Cl2F2N2O/c18-12-10-13(19)15(21)9-11(12)17(24)23-7-5-22(6-8-23)16-4-2-1-3-14(16)20/h1-4,9-10H,5-8H2. The van der Waals surface area contributed by atoms with Crippen molar-refractivity contribution in [2.24, 2.45) is 0 Å². The average Bonchev–Trinajstić information content (AvgIpc) is 2.58. The number of carbonyl (C=O) groups excluding carboxylic acids is 1. The fourth-order valence-corrected chi connectivity index (χ4v) is 3.18. The summed E-state index contributed by atoms with van der Waals surface area (Å²) >= 11 is 11.7. The van der Waals surface area contributed by atoms with E-state index in [2.05, 4.69) is 0 Å². The van der Waals surface area contributed by atoms with Crippen molar-refractivity contribution in [3.8, 4) is 0 Å². The van der Waals surface area contributed by atoms with Gasteiger partial charge < -0.3 is 9.80 Å². The highest BCUT2D eigenvalue weighted by molar-refractivity contribution is 6.36. The Labute approximate surface area is 148 Å². The second-order valence-electron chi connectivity index (χ2n) is 5.48. The minimum atomic E-state index is -0.686. The Morgan fingerprint density at radius 3 is 2.25 bits per heavy atom. The monoisotopic (exact) mass is 370 g/mol. The zero-order valence-corrected chi connectivity index (χ0v) is 14.1. The molecule has 2 aromatic rings. The number of amides is 1. The van der Waals surface area contributed by atoms with Gasteiger partial charge in [0.05, 0.1) is 21.3 Å². The van der Waals surface area contributed by atoms with Gasteiger partial charge in [0.2, 0.25) is 0 Å². The number of piperazine rings is 1. The molecule has 7 heteroatoms. The van der Waals surface area contributed by atoms with E-state index in [1.807, 2.05) is 4.90 Å². The lowest BCUT2D eigenvalue weighted by Gasteiger charge is -2.36. The van der Waals surface area contributed by atoms with E-state index >= 15 is 0 Å². The Bertz CT molecular complexity index is 777. The Morgan fingerprint density at radius 1 is 0.917 bits per heavy atom. The van der Waals surface area contributed by atoms with E-state index < -0.39 is 5.82 Å². The highest BCUT2D eigenvalue weighted by Gasteiger charge is 2.25. The molecule has 0 saturated carbocycles. The summed E-state index contributed by atoms with van der Waals surface area (Å²) in [4.78, 5) is 16.0. The van der Waals surface area contributed by atoms with Crippen LogP contribution in [-0.2, 0) is 0 Å². The largest absolute Gasteiger partial charge is 0.366 e. The lowest BCUT2D eigenvalue weighted by atomic mass is 10.1. The molecule has 1 saturated heterocycles. The van der Waals surface area contributed by atoms with Gasteiger partial charge >= 0.3 is 0 Å². The molecular weight excluding hydrogens is 357 g/mol. The quantitative estimate of drug-likeness (QED) is 0.738. The molecule has 0 spiro atoms. The Hall–Kier alpha value is -1.85. The van der Waals surface area contributed by atoms with Gasteiger partial charge in [-0.05, 0) is 24.3 Å². The van der Waals surface area contributed by atoms with Gasteiger partial charge in [0.15, 0.2) is 0 Å². The Kier molecular flexibility index (Phi) is 4.92. The number of anilines is 1. The molecule has 1 amide bonds. The van der Waals surface area contributed by atoms with Crippen LogP contribution in [0.25, 0.3) is 0 Å². The van der Waals surface area contributed by atoms with E-state index in [0.717, 1.165) is 6.07 Å². The SMILES string of the molecule is O=C(c1cc(F)c(Cl)cc1Cl)N1CCN(c2ccccc2F)CC1. The molecule has 0 radical (unpaired) electrons. The van der Waals surface area contributed by atoms with Gasteiger partial charge in [0.25, 0.3) is 5.91 Å². The normalized spacial score (nSPS) is 14.8. The van der Waals surface area contributed by atoms with Crippen molar-refractivity contribution in [2.75, 3.05) is 31.1 Å². The summed E-state index contributed by atoms with van der Waals surface area (Å²) in [5.41, 5.74) is 0.595. The van der Waals surface area contributed by atoms with Crippen LogP contribution in [0.1, 0.15) is 10.4 Å². The van der Waals surface area contributed by atoms with Crippen LogP contribution in [0.3, 0.4) is 0 Å². The average molecular weight is 371 g/mol. The predicted molar refractivity (Wildman–Crippen MR) is 90.9 cm³/mol. The highest BCUT2D eigenvalue weighted by atomic mass is 35.5. The fourth-order valence-electron chi connectivity index (χ4n) is 2.72. The van der Waals surface area contributed by atoms with Crippen molar-refractivity contribution in [3.63, 3.8) is 0 Å².